The minimum absolute atomic E-state index is 0.0343. The fraction of sp³-hybridized carbons (Fsp3) is 0.286. The zero-order valence-corrected chi connectivity index (χ0v) is 10.8. The SMILES string of the molecule is [N-]=[N+]=NCC1CC(=O)N(c2nccc3ccccc23)C1. The van der Waals surface area contributed by atoms with Crippen molar-refractivity contribution in [3.8, 4) is 0 Å². The molecule has 1 aromatic carbocycles. The molecule has 0 bridgehead atoms. The van der Waals surface area contributed by atoms with E-state index in [4.69, 9.17) is 5.53 Å². The van der Waals surface area contributed by atoms with Crippen LogP contribution in [0.4, 0.5) is 5.82 Å². The van der Waals surface area contributed by atoms with E-state index in [-0.39, 0.29) is 11.8 Å². The number of rotatable bonds is 3. The smallest absolute Gasteiger partial charge is 0.228 e. The monoisotopic (exact) mass is 267 g/mol. The summed E-state index contributed by atoms with van der Waals surface area (Å²) in [5.41, 5.74) is 8.36. The number of carbonyl (C=O) groups excluding carboxylic acids is 1. The molecule has 0 spiro atoms. The number of azide groups is 1. The molecule has 2 heterocycles. The Hall–Kier alpha value is -2.59. The van der Waals surface area contributed by atoms with Crippen LogP contribution in [0.2, 0.25) is 0 Å². The summed E-state index contributed by atoms with van der Waals surface area (Å²) < 4.78 is 0. The standard InChI is InChI=1S/C14H13N5O/c15-18-17-8-10-7-13(20)19(9-10)14-12-4-2-1-3-11(12)5-6-16-14/h1-6,10H,7-9H2. The molecule has 1 saturated heterocycles. The third-order valence-electron chi connectivity index (χ3n) is 3.52. The van der Waals surface area contributed by atoms with Crippen molar-refractivity contribution in [1.29, 1.82) is 0 Å². The molecular formula is C14H13N5O. The number of hydrogen-bond donors (Lipinski definition) is 0. The second-order valence-electron chi connectivity index (χ2n) is 4.84. The zero-order chi connectivity index (χ0) is 13.9. The lowest BCUT2D eigenvalue weighted by Gasteiger charge is -2.17. The van der Waals surface area contributed by atoms with Gasteiger partial charge in [0.2, 0.25) is 5.91 Å². The summed E-state index contributed by atoms with van der Waals surface area (Å²) in [5, 5.41) is 5.58. The van der Waals surface area contributed by atoms with E-state index in [1.807, 2.05) is 30.3 Å². The van der Waals surface area contributed by atoms with Gasteiger partial charge < -0.3 is 0 Å². The van der Waals surface area contributed by atoms with Gasteiger partial charge in [-0.05, 0) is 22.9 Å². The lowest BCUT2D eigenvalue weighted by Crippen LogP contribution is -2.26. The topological polar surface area (TPSA) is 82.0 Å². The molecular weight excluding hydrogens is 254 g/mol. The first-order valence-electron chi connectivity index (χ1n) is 6.44. The predicted molar refractivity (Wildman–Crippen MR) is 76.2 cm³/mol. The van der Waals surface area contributed by atoms with E-state index < -0.39 is 0 Å². The second-order valence-corrected chi connectivity index (χ2v) is 4.84. The molecule has 1 fully saturated rings. The molecule has 1 aliphatic heterocycles. The van der Waals surface area contributed by atoms with E-state index in [1.54, 1.807) is 11.1 Å². The highest BCUT2D eigenvalue weighted by atomic mass is 16.2. The lowest BCUT2D eigenvalue weighted by atomic mass is 10.1. The number of fused-ring (bicyclic) bond motifs is 1. The average molecular weight is 267 g/mol. The first-order valence-corrected chi connectivity index (χ1v) is 6.44. The molecule has 1 amide bonds. The van der Waals surface area contributed by atoms with Crippen LogP contribution in [-0.2, 0) is 4.79 Å². The third kappa shape index (κ3) is 2.17. The highest BCUT2D eigenvalue weighted by molar-refractivity contribution is 6.03. The fourth-order valence-electron chi connectivity index (χ4n) is 2.58. The van der Waals surface area contributed by atoms with Gasteiger partial charge in [0.25, 0.3) is 0 Å². The number of nitrogens with zero attached hydrogens (tertiary/aromatic N) is 5. The van der Waals surface area contributed by atoms with Crippen LogP contribution in [0.25, 0.3) is 21.2 Å². The number of pyridine rings is 1. The van der Waals surface area contributed by atoms with Crippen molar-refractivity contribution in [3.05, 3.63) is 47.0 Å². The van der Waals surface area contributed by atoms with Gasteiger partial charge in [-0.15, -0.1) is 0 Å². The molecule has 0 aliphatic carbocycles. The second kappa shape index (κ2) is 5.19. The fourth-order valence-corrected chi connectivity index (χ4v) is 2.58. The van der Waals surface area contributed by atoms with Gasteiger partial charge in [-0.2, -0.15) is 0 Å². The summed E-state index contributed by atoms with van der Waals surface area (Å²) >= 11 is 0. The molecule has 0 N–H and O–H groups in total. The van der Waals surface area contributed by atoms with Crippen LogP contribution in [0, 0.1) is 5.92 Å². The van der Waals surface area contributed by atoms with E-state index in [9.17, 15) is 4.79 Å². The van der Waals surface area contributed by atoms with Gasteiger partial charge in [-0.25, -0.2) is 4.98 Å². The Morgan fingerprint density at radius 1 is 1.40 bits per heavy atom. The van der Waals surface area contributed by atoms with Crippen LogP contribution in [0.3, 0.4) is 0 Å². The van der Waals surface area contributed by atoms with E-state index in [0.717, 1.165) is 10.8 Å². The summed E-state index contributed by atoms with van der Waals surface area (Å²) in [6.07, 6.45) is 2.12. The van der Waals surface area contributed by atoms with Crippen molar-refractivity contribution in [2.45, 2.75) is 6.42 Å². The summed E-state index contributed by atoms with van der Waals surface area (Å²) in [6.45, 7) is 0.905. The molecule has 3 rings (SSSR count). The van der Waals surface area contributed by atoms with Crippen molar-refractivity contribution >= 4 is 22.5 Å². The Kier molecular flexibility index (Phi) is 3.23. The summed E-state index contributed by atoms with van der Waals surface area (Å²) in [4.78, 5) is 20.9. The van der Waals surface area contributed by atoms with Crippen LogP contribution >= 0.6 is 0 Å². The molecule has 100 valence electrons. The Labute approximate surface area is 115 Å². The Balaban J connectivity index is 1.95. The molecule has 0 radical (unpaired) electrons. The minimum Gasteiger partial charge on any atom is -0.296 e. The van der Waals surface area contributed by atoms with Gasteiger partial charge in [-0.1, -0.05) is 29.4 Å². The highest BCUT2D eigenvalue weighted by Gasteiger charge is 2.31. The quantitative estimate of drug-likeness (QED) is 0.486. The minimum atomic E-state index is 0.0343. The average Bonchev–Trinajstić information content (AvgIpc) is 2.85. The van der Waals surface area contributed by atoms with Gasteiger partial charge in [0.15, 0.2) is 0 Å². The van der Waals surface area contributed by atoms with Gasteiger partial charge >= 0.3 is 0 Å². The van der Waals surface area contributed by atoms with E-state index in [0.29, 0.717) is 25.3 Å². The molecule has 1 unspecified atom stereocenters. The molecule has 6 nitrogen and oxygen atoms in total. The maximum absolute atomic E-state index is 12.1. The summed E-state index contributed by atoms with van der Waals surface area (Å²) in [7, 11) is 0. The van der Waals surface area contributed by atoms with Crippen LogP contribution in [0.15, 0.2) is 41.6 Å². The summed E-state index contributed by atoms with van der Waals surface area (Å²) in [5.74, 6) is 0.794. The largest absolute Gasteiger partial charge is 0.296 e. The van der Waals surface area contributed by atoms with Gasteiger partial charge in [0.05, 0.1) is 0 Å². The number of anilines is 1. The zero-order valence-electron chi connectivity index (χ0n) is 10.8. The van der Waals surface area contributed by atoms with Crippen molar-refractivity contribution in [3.63, 3.8) is 0 Å². The van der Waals surface area contributed by atoms with Crippen molar-refractivity contribution < 1.29 is 4.79 Å². The van der Waals surface area contributed by atoms with Crippen molar-refractivity contribution in [2.24, 2.45) is 11.0 Å². The maximum Gasteiger partial charge on any atom is 0.228 e. The van der Waals surface area contributed by atoms with E-state index >= 15 is 0 Å². The molecule has 0 saturated carbocycles. The van der Waals surface area contributed by atoms with Gasteiger partial charge in [0, 0.05) is 36.0 Å². The number of hydrogen-bond acceptors (Lipinski definition) is 3. The van der Waals surface area contributed by atoms with Crippen LogP contribution in [0.5, 0.6) is 0 Å². The van der Waals surface area contributed by atoms with Crippen LogP contribution in [0.1, 0.15) is 6.42 Å². The van der Waals surface area contributed by atoms with E-state index in [1.165, 1.54) is 0 Å². The molecule has 2 aromatic rings. The van der Waals surface area contributed by atoms with Crippen LogP contribution < -0.4 is 4.90 Å². The highest BCUT2D eigenvalue weighted by Crippen LogP contribution is 2.29. The molecule has 1 aromatic heterocycles. The normalized spacial score (nSPS) is 18.3. The molecule has 1 aliphatic rings. The van der Waals surface area contributed by atoms with Gasteiger partial charge in [-0.3, -0.25) is 9.69 Å². The third-order valence-corrected chi connectivity index (χ3v) is 3.52. The Morgan fingerprint density at radius 2 is 2.25 bits per heavy atom. The Bertz CT molecular complexity index is 702. The molecule has 1 atom stereocenters. The first-order chi connectivity index (χ1) is 9.79. The predicted octanol–water partition coefficient (Wildman–Crippen LogP) is 2.90. The number of benzene rings is 1. The first kappa shape index (κ1) is 12.4. The number of aromatic nitrogens is 1. The number of amides is 1. The number of carbonyl (C=O) groups is 1. The molecule has 6 heteroatoms. The Morgan fingerprint density at radius 3 is 3.10 bits per heavy atom. The summed E-state index contributed by atoms with van der Waals surface area (Å²) in [6, 6.07) is 9.79. The lowest BCUT2D eigenvalue weighted by molar-refractivity contribution is -0.117. The van der Waals surface area contributed by atoms with Crippen molar-refractivity contribution in [1.82, 2.24) is 4.98 Å². The maximum atomic E-state index is 12.1. The van der Waals surface area contributed by atoms with Gasteiger partial charge in [0.1, 0.15) is 5.82 Å². The van der Waals surface area contributed by atoms with Crippen molar-refractivity contribution in [2.75, 3.05) is 18.0 Å². The van der Waals surface area contributed by atoms with E-state index in [2.05, 4.69) is 15.0 Å². The molecule has 20 heavy (non-hydrogen) atoms. The van der Waals surface area contributed by atoms with Crippen LogP contribution in [-0.4, -0.2) is 24.0 Å².